The van der Waals surface area contributed by atoms with Gasteiger partial charge in [-0.25, -0.2) is 9.59 Å². The molecule has 1 atom stereocenters. The van der Waals surface area contributed by atoms with Crippen LogP contribution in [0.25, 0.3) is 10.3 Å². The van der Waals surface area contributed by atoms with Gasteiger partial charge in [-0.1, -0.05) is 23.5 Å². The second-order valence-corrected chi connectivity index (χ2v) is 4.03. The zero-order valence-corrected chi connectivity index (χ0v) is 9.11. The number of carbonyl (C=O) groups excluding carboxylic acids is 1. The van der Waals surface area contributed by atoms with Crippen LogP contribution in [0, 0.1) is 0 Å². The fourth-order valence-electron chi connectivity index (χ4n) is 1.37. The molecule has 1 aromatic heterocycles. The van der Waals surface area contributed by atoms with Gasteiger partial charge >= 0.3 is 10.9 Å². The Morgan fingerprint density at radius 1 is 1.56 bits per heavy atom. The average Bonchev–Trinajstić information content (AvgIpc) is 2.66. The predicted molar refractivity (Wildman–Crippen MR) is 57.3 cm³/mol. The number of benzene rings is 1. The van der Waals surface area contributed by atoms with Gasteiger partial charge < -0.3 is 14.3 Å². The molecule has 0 aliphatic rings. The Balaban J connectivity index is 2.59. The summed E-state index contributed by atoms with van der Waals surface area (Å²) < 4.78 is 9.92. The largest absolute Gasteiger partial charge is 0.467 e. The number of hydrogen-bond acceptors (Lipinski definition) is 6. The molecule has 1 aromatic carbocycles. The van der Waals surface area contributed by atoms with Crippen molar-refractivity contribution >= 4 is 27.6 Å². The van der Waals surface area contributed by atoms with Crippen molar-refractivity contribution in [2.45, 2.75) is 6.10 Å². The van der Waals surface area contributed by atoms with E-state index in [2.05, 4.69) is 4.74 Å². The van der Waals surface area contributed by atoms with Gasteiger partial charge in [-0.15, -0.1) is 0 Å². The van der Waals surface area contributed by atoms with Crippen LogP contribution in [0.5, 0.6) is 0 Å². The number of esters is 1. The highest BCUT2D eigenvalue weighted by molar-refractivity contribution is 7.16. The van der Waals surface area contributed by atoms with Crippen molar-refractivity contribution in [2.75, 3.05) is 7.11 Å². The lowest BCUT2D eigenvalue weighted by Crippen LogP contribution is -2.13. The second-order valence-electron chi connectivity index (χ2n) is 3.05. The van der Waals surface area contributed by atoms with Crippen molar-refractivity contribution in [3.63, 3.8) is 0 Å². The normalized spacial score (nSPS) is 12.6. The minimum atomic E-state index is -1.44. The van der Waals surface area contributed by atoms with Crippen LogP contribution >= 0.6 is 11.3 Å². The van der Waals surface area contributed by atoms with Gasteiger partial charge in [-0.2, -0.15) is 0 Å². The van der Waals surface area contributed by atoms with Crippen LogP contribution in [-0.4, -0.2) is 18.2 Å². The lowest BCUT2D eigenvalue weighted by Gasteiger charge is -2.07. The maximum absolute atomic E-state index is 11.2. The number of rotatable bonds is 2. The number of para-hydroxylation sites is 1. The summed E-state index contributed by atoms with van der Waals surface area (Å²) in [4.78, 5) is 21.8. The zero-order chi connectivity index (χ0) is 11.7. The standard InChI is InChI=1S/C10H8O5S/c1-14-9(12)7(11)5-3-2-4-6-8(5)15-10(13)16-6/h2-4,7,11H,1H3. The van der Waals surface area contributed by atoms with Gasteiger partial charge in [0.2, 0.25) is 0 Å². The molecule has 0 saturated carbocycles. The molecular weight excluding hydrogens is 232 g/mol. The molecule has 6 heteroatoms. The van der Waals surface area contributed by atoms with Crippen LogP contribution in [0.2, 0.25) is 0 Å². The summed E-state index contributed by atoms with van der Waals surface area (Å²) in [6.07, 6.45) is -1.44. The third-order valence-electron chi connectivity index (χ3n) is 2.11. The van der Waals surface area contributed by atoms with Gasteiger partial charge in [-0.3, -0.25) is 0 Å². The average molecular weight is 240 g/mol. The number of fused-ring (bicyclic) bond motifs is 1. The van der Waals surface area contributed by atoms with Crippen molar-refractivity contribution < 1.29 is 19.1 Å². The molecule has 0 spiro atoms. The third kappa shape index (κ3) is 1.72. The van der Waals surface area contributed by atoms with Gasteiger partial charge in [0.15, 0.2) is 11.7 Å². The van der Waals surface area contributed by atoms with E-state index in [9.17, 15) is 14.7 Å². The number of ether oxygens (including phenoxy) is 1. The molecule has 2 aromatic rings. The number of carbonyl (C=O) groups is 1. The monoisotopic (exact) mass is 240 g/mol. The molecule has 0 aliphatic carbocycles. The molecule has 84 valence electrons. The Labute approximate surface area is 93.9 Å². The first-order valence-corrected chi connectivity index (χ1v) is 5.23. The Kier molecular flexibility index (Phi) is 2.76. The second kappa shape index (κ2) is 4.07. The number of hydrogen-bond donors (Lipinski definition) is 1. The Morgan fingerprint density at radius 3 is 3.00 bits per heavy atom. The maximum Gasteiger partial charge on any atom is 0.396 e. The van der Waals surface area contributed by atoms with E-state index >= 15 is 0 Å². The predicted octanol–water partition coefficient (Wildman–Crippen LogP) is 1.06. The molecule has 16 heavy (non-hydrogen) atoms. The van der Waals surface area contributed by atoms with Crippen molar-refractivity contribution in [3.8, 4) is 0 Å². The Bertz CT molecular complexity index is 582. The van der Waals surface area contributed by atoms with Crippen molar-refractivity contribution in [3.05, 3.63) is 33.5 Å². The quantitative estimate of drug-likeness (QED) is 0.794. The fraction of sp³-hybridized carbons (Fsp3) is 0.200. The first-order chi connectivity index (χ1) is 7.63. The SMILES string of the molecule is COC(=O)C(O)c1cccc2sc(=O)oc12. The van der Waals surface area contributed by atoms with E-state index in [0.29, 0.717) is 4.70 Å². The summed E-state index contributed by atoms with van der Waals surface area (Å²) in [5.74, 6) is -0.790. The summed E-state index contributed by atoms with van der Waals surface area (Å²) in [6, 6.07) is 4.83. The fourth-order valence-corrected chi connectivity index (χ4v) is 2.07. The van der Waals surface area contributed by atoms with Crippen LogP contribution in [-0.2, 0) is 9.53 Å². The number of aliphatic hydroxyl groups is 1. The molecule has 0 aliphatic heterocycles. The number of methoxy groups -OCH3 is 1. The van der Waals surface area contributed by atoms with E-state index in [1.165, 1.54) is 13.2 Å². The van der Waals surface area contributed by atoms with E-state index in [4.69, 9.17) is 4.42 Å². The molecule has 5 nitrogen and oxygen atoms in total. The van der Waals surface area contributed by atoms with Crippen LogP contribution in [0.15, 0.2) is 27.4 Å². The Morgan fingerprint density at radius 2 is 2.31 bits per heavy atom. The summed E-state index contributed by atoms with van der Waals surface area (Å²) in [7, 11) is 1.18. The van der Waals surface area contributed by atoms with E-state index < -0.39 is 17.0 Å². The minimum Gasteiger partial charge on any atom is -0.467 e. The molecule has 0 radical (unpaired) electrons. The van der Waals surface area contributed by atoms with Gasteiger partial charge in [0.1, 0.15) is 0 Å². The molecule has 0 bridgehead atoms. The first-order valence-electron chi connectivity index (χ1n) is 4.42. The molecule has 0 amide bonds. The lowest BCUT2D eigenvalue weighted by atomic mass is 10.1. The molecule has 1 N–H and O–H groups in total. The highest BCUT2D eigenvalue weighted by atomic mass is 32.1. The molecular formula is C10H8O5S. The highest BCUT2D eigenvalue weighted by Gasteiger charge is 2.22. The van der Waals surface area contributed by atoms with Gasteiger partial charge in [0.25, 0.3) is 0 Å². The molecule has 0 fully saturated rings. The van der Waals surface area contributed by atoms with E-state index in [0.717, 1.165) is 11.3 Å². The van der Waals surface area contributed by atoms with Crippen molar-refractivity contribution in [2.24, 2.45) is 0 Å². The van der Waals surface area contributed by atoms with E-state index in [-0.39, 0.29) is 11.1 Å². The lowest BCUT2D eigenvalue weighted by molar-refractivity contribution is -0.150. The first kappa shape index (κ1) is 10.8. The van der Waals surface area contributed by atoms with E-state index in [1.807, 2.05) is 0 Å². The van der Waals surface area contributed by atoms with Crippen molar-refractivity contribution in [1.82, 2.24) is 0 Å². The topological polar surface area (TPSA) is 76.7 Å². The van der Waals surface area contributed by atoms with Crippen LogP contribution in [0.4, 0.5) is 0 Å². The summed E-state index contributed by atoms with van der Waals surface area (Å²) in [5.41, 5.74) is 0.470. The summed E-state index contributed by atoms with van der Waals surface area (Å²) in [5, 5.41) is 9.66. The maximum atomic E-state index is 11.2. The van der Waals surface area contributed by atoms with Crippen LogP contribution < -0.4 is 4.94 Å². The van der Waals surface area contributed by atoms with Gasteiger partial charge in [0.05, 0.1) is 11.8 Å². The zero-order valence-electron chi connectivity index (χ0n) is 8.30. The number of aliphatic hydroxyl groups excluding tert-OH is 1. The molecule has 0 saturated heterocycles. The molecule has 1 heterocycles. The van der Waals surface area contributed by atoms with Crippen LogP contribution in [0.3, 0.4) is 0 Å². The summed E-state index contributed by atoms with van der Waals surface area (Å²) in [6.45, 7) is 0. The minimum absolute atomic E-state index is 0.232. The third-order valence-corrected chi connectivity index (χ3v) is 2.90. The van der Waals surface area contributed by atoms with Gasteiger partial charge in [0, 0.05) is 5.56 Å². The smallest absolute Gasteiger partial charge is 0.396 e. The summed E-state index contributed by atoms with van der Waals surface area (Å²) >= 11 is 0.918. The van der Waals surface area contributed by atoms with Crippen LogP contribution in [0.1, 0.15) is 11.7 Å². The Hall–Kier alpha value is -1.66. The van der Waals surface area contributed by atoms with E-state index in [1.54, 1.807) is 12.1 Å². The van der Waals surface area contributed by atoms with Gasteiger partial charge in [-0.05, 0) is 6.07 Å². The molecule has 2 rings (SSSR count). The molecule has 1 unspecified atom stereocenters. The van der Waals surface area contributed by atoms with Crippen molar-refractivity contribution in [1.29, 1.82) is 0 Å². The highest BCUT2D eigenvalue weighted by Crippen LogP contribution is 2.26.